The highest BCUT2D eigenvalue weighted by molar-refractivity contribution is 6.30. The number of benzene rings is 1. The van der Waals surface area contributed by atoms with Crippen molar-refractivity contribution in [1.82, 2.24) is 14.7 Å². The summed E-state index contributed by atoms with van der Waals surface area (Å²) < 4.78 is 0. The van der Waals surface area contributed by atoms with E-state index >= 15 is 0 Å². The highest BCUT2D eigenvalue weighted by atomic mass is 35.5. The maximum atomic E-state index is 12.3. The van der Waals surface area contributed by atoms with Crippen LogP contribution in [-0.4, -0.2) is 72.2 Å². The molecule has 1 aliphatic heterocycles. The van der Waals surface area contributed by atoms with E-state index in [1.807, 2.05) is 24.3 Å². The van der Waals surface area contributed by atoms with E-state index in [1.165, 1.54) is 6.92 Å². The molecule has 0 N–H and O–H groups in total. The molecule has 1 heterocycles. The maximum absolute atomic E-state index is 12.3. The van der Waals surface area contributed by atoms with Crippen LogP contribution in [-0.2, 0) is 20.8 Å². The Kier molecular flexibility index (Phi) is 7.25. The van der Waals surface area contributed by atoms with Crippen LogP contribution in [0.4, 0.5) is 0 Å². The lowest BCUT2D eigenvalue weighted by Crippen LogP contribution is -2.48. The summed E-state index contributed by atoms with van der Waals surface area (Å²) in [6, 6.07) is 7.55. The highest BCUT2D eigenvalue weighted by Gasteiger charge is 2.21. The van der Waals surface area contributed by atoms with Gasteiger partial charge in [0.05, 0.1) is 0 Å². The third-order valence-corrected chi connectivity index (χ3v) is 4.69. The largest absolute Gasteiger partial charge is 0.342 e. The number of amides is 3. The lowest BCUT2D eigenvalue weighted by atomic mass is 10.1. The minimum atomic E-state index is -0.0347. The molecule has 7 heteroatoms. The number of hydrogen-bond acceptors (Lipinski definition) is 3. The van der Waals surface area contributed by atoms with Gasteiger partial charge in [0.25, 0.3) is 0 Å². The van der Waals surface area contributed by atoms with Gasteiger partial charge in [0.1, 0.15) is 0 Å². The van der Waals surface area contributed by atoms with Crippen LogP contribution in [0, 0.1) is 0 Å². The predicted octanol–water partition coefficient (Wildman–Crippen LogP) is 1.42. The zero-order valence-corrected chi connectivity index (χ0v) is 15.2. The Bertz CT molecular complexity index is 598. The summed E-state index contributed by atoms with van der Waals surface area (Å²) in [5.41, 5.74) is 1.10. The van der Waals surface area contributed by atoms with Crippen molar-refractivity contribution in [3.8, 4) is 0 Å². The van der Waals surface area contributed by atoms with Gasteiger partial charge in [-0.25, -0.2) is 0 Å². The molecule has 1 fully saturated rings. The smallest absolute Gasteiger partial charge is 0.224 e. The highest BCUT2D eigenvalue weighted by Crippen LogP contribution is 2.11. The molecular formula is C18H24ClN3O3. The van der Waals surface area contributed by atoms with Crippen molar-refractivity contribution < 1.29 is 14.4 Å². The molecule has 0 aromatic heterocycles. The summed E-state index contributed by atoms with van der Waals surface area (Å²) in [4.78, 5) is 40.0. The quantitative estimate of drug-likeness (QED) is 0.687. The number of hydrogen-bond donors (Lipinski definition) is 0. The zero-order chi connectivity index (χ0) is 18.2. The fourth-order valence-electron chi connectivity index (χ4n) is 2.81. The van der Waals surface area contributed by atoms with Crippen molar-refractivity contribution in [1.29, 1.82) is 0 Å². The van der Waals surface area contributed by atoms with Crippen LogP contribution in [0.3, 0.4) is 0 Å². The molecule has 0 unspecified atom stereocenters. The molecular weight excluding hydrogens is 342 g/mol. The van der Waals surface area contributed by atoms with Gasteiger partial charge >= 0.3 is 0 Å². The molecule has 0 spiro atoms. The Morgan fingerprint density at radius 3 is 2.32 bits per heavy atom. The van der Waals surface area contributed by atoms with Gasteiger partial charge in [-0.1, -0.05) is 23.7 Å². The molecule has 0 saturated carbocycles. The second kappa shape index (κ2) is 9.42. The Balaban J connectivity index is 1.78. The van der Waals surface area contributed by atoms with Crippen LogP contribution in [0.25, 0.3) is 0 Å². The molecule has 136 valence electrons. The van der Waals surface area contributed by atoms with Crippen molar-refractivity contribution in [2.45, 2.75) is 19.8 Å². The first kappa shape index (κ1) is 19.2. The van der Waals surface area contributed by atoms with Gasteiger partial charge in [0.15, 0.2) is 0 Å². The van der Waals surface area contributed by atoms with E-state index in [-0.39, 0.29) is 11.8 Å². The molecule has 0 radical (unpaired) electrons. The Labute approximate surface area is 153 Å². The van der Waals surface area contributed by atoms with Crippen LogP contribution < -0.4 is 0 Å². The standard InChI is InChI=1S/C18H24ClN3O3/c1-15(24)21(8-6-16-2-4-17(19)5-3-16)9-7-18(25)22-12-10-20(14-23)11-13-22/h2-5,14H,6-13H2,1H3. The second-order valence-corrected chi connectivity index (χ2v) is 6.59. The third-order valence-electron chi connectivity index (χ3n) is 4.44. The fourth-order valence-corrected chi connectivity index (χ4v) is 2.93. The lowest BCUT2D eigenvalue weighted by Gasteiger charge is -2.33. The van der Waals surface area contributed by atoms with Crippen molar-refractivity contribution >= 4 is 29.8 Å². The summed E-state index contributed by atoms with van der Waals surface area (Å²) in [5.74, 6) is -0.00386. The van der Waals surface area contributed by atoms with Gasteiger partial charge in [-0.3, -0.25) is 14.4 Å². The van der Waals surface area contributed by atoms with Gasteiger partial charge in [-0.05, 0) is 24.1 Å². The third kappa shape index (κ3) is 6.05. The first-order valence-corrected chi connectivity index (χ1v) is 8.84. The molecule has 1 saturated heterocycles. The maximum Gasteiger partial charge on any atom is 0.224 e. The lowest BCUT2D eigenvalue weighted by molar-refractivity contribution is -0.136. The van der Waals surface area contributed by atoms with E-state index in [1.54, 1.807) is 14.7 Å². The van der Waals surface area contributed by atoms with E-state index in [4.69, 9.17) is 11.6 Å². The minimum Gasteiger partial charge on any atom is -0.342 e. The minimum absolute atomic E-state index is 0.0308. The van der Waals surface area contributed by atoms with E-state index in [2.05, 4.69) is 0 Å². The van der Waals surface area contributed by atoms with Crippen molar-refractivity contribution in [2.75, 3.05) is 39.3 Å². The first-order valence-electron chi connectivity index (χ1n) is 8.46. The van der Waals surface area contributed by atoms with Crippen LogP contribution >= 0.6 is 11.6 Å². The molecule has 25 heavy (non-hydrogen) atoms. The summed E-state index contributed by atoms with van der Waals surface area (Å²) >= 11 is 5.87. The van der Waals surface area contributed by atoms with Crippen molar-refractivity contribution in [3.63, 3.8) is 0 Å². The van der Waals surface area contributed by atoms with Gasteiger partial charge in [0.2, 0.25) is 18.2 Å². The molecule has 1 aromatic rings. The molecule has 0 atom stereocenters. The van der Waals surface area contributed by atoms with Crippen molar-refractivity contribution in [3.05, 3.63) is 34.9 Å². The van der Waals surface area contributed by atoms with E-state index in [0.29, 0.717) is 50.7 Å². The topological polar surface area (TPSA) is 60.9 Å². The monoisotopic (exact) mass is 365 g/mol. The summed E-state index contributed by atoms with van der Waals surface area (Å²) in [5, 5.41) is 0.687. The van der Waals surface area contributed by atoms with Crippen LogP contribution in [0.1, 0.15) is 18.9 Å². The number of carbonyl (C=O) groups excluding carboxylic acids is 3. The number of piperazine rings is 1. The second-order valence-electron chi connectivity index (χ2n) is 6.15. The predicted molar refractivity (Wildman–Crippen MR) is 96.2 cm³/mol. The number of rotatable bonds is 7. The molecule has 0 bridgehead atoms. The molecule has 2 rings (SSSR count). The summed E-state index contributed by atoms with van der Waals surface area (Å²) in [7, 11) is 0. The summed E-state index contributed by atoms with van der Waals surface area (Å²) in [6.45, 7) is 4.77. The normalized spacial score (nSPS) is 14.3. The van der Waals surface area contributed by atoms with E-state index < -0.39 is 0 Å². The summed E-state index contributed by atoms with van der Waals surface area (Å²) in [6.07, 6.45) is 1.85. The fraction of sp³-hybridized carbons (Fsp3) is 0.500. The first-order chi connectivity index (χ1) is 12.0. The molecule has 6 nitrogen and oxygen atoms in total. The Morgan fingerprint density at radius 1 is 1.12 bits per heavy atom. The molecule has 1 aliphatic rings. The zero-order valence-electron chi connectivity index (χ0n) is 14.5. The average Bonchev–Trinajstić information content (AvgIpc) is 2.62. The van der Waals surface area contributed by atoms with Crippen LogP contribution in [0.15, 0.2) is 24.3 Å². The SMILES string of the molecule is CC(=O)N(CCC(=O)N1CCN(C=O)CC1)CCc1ccc(Cl)cc1. The number of nitrogens with zero attached hydrogens (tertiary/aromatic N) is 3. The van der Waals surface area contributed by atoms with Gasteiger partial charge in [0, 0.05) is 57.6 Å². The average molecular weight is 366 g/mol. The number of halogens is 1. The number of carbonyl (C=O) groups is 3. The van der Waals surface area contributed by atoms with E-state index in [0.717, 1.165) is 18.4 Å². The Morgan fingerprint density at radius 2 is 1.76 bits per heavy atom. The van der Waals surface area contributed by atoms with Crippen molar-refractivity contribution in [2.24, 2.45) is 0 Å². The van der Waals surface area contributed by atoms with Gasteiger partial charge in [-0.15, -0.1) is 0 Å². The van der Waals surface area contributed by atoms with Gasteiger partial charge < -0.3 is 14.7 Å². The molecule has 0 aliphatic carbocycles. The van der Waals surface area contributed by atoms with Crippen LogP contribution in [0.5, 0.6) is 0 Å². The van der Waals surface area contributed by atoms with Crippen LogP contribution in [0.2, 0.25) is 5.02 Å². The van der Waals surface area contributed by atoms with Gasteiger partial charge in [-0.2, -0.15) is 0 Å². The van der Waals surface area contributed by atoms with E-state index in [9.17, 15) is 14.4 Å². The Hall–Kier alpha value is -2.08. The molecule has 3 amide bonds. The molecule has 1 aromatic carbocycles.